The quantitative estimate of drug-likeness (QED) is 0.264. The molecule has 3 fully saturated rings. The van der Waals surface area contributed by atoms with Crippen LogP contribution in [0, 0.1) is 6.92 Å². The maximum atomic E-state index is 15.3. The Morgan fingerprint density at radius 1 is 1.00 bits per heavy atom. The van der Waals surface area contributed by atoms with Crippen molar-refractivity contribution in [2.75, 3.05) is 23.3 Å². The van der Waals surface area contributed by atoms with Gasteiger partial charge in [0, 0.05) is 34.9 Å². The lowest BCUT2D eigenvalue weighted by Crippen LogP contribution is -2.56. The molecular formula is C34H35F2N7O2. The van der Waals surface area contributed by atoms with Crippen LogP contribution in [0.4, 0.5) is 26.0 Å². The highest BCUT2D eigenvalue weighted by atomic mass is 19.3. The lowest BCUT2D eigenvalue weighted by Gasteiger charge is -2.47. The Balaban J connectivity index is 1.17. The molecule has 4 aliphatic rings. The summed E-state index contributed by atoms with van der Waals surface area (Å²) >= 11 is 0. The molecular weight excluding hydrogens is 576 g/mol. The number of hydrogen-bond donors (Lipinski definition) is 2. The number of pyridine rings is 1. The van der Waals surface area contributed by atoms with Crippen LogP contribution < -0.4 is 16.0 Å². The van der Waals surface area contributed by atoms with Crippen LogP contribution in [0.3, 0.4) is 0 Å². The number of anilines is 3. The van der Waals surface area contributed by atoms with E-state index in [0.717, 1.165) is 49.9 Å². The number of aromatic nitrogens is 3. The summed E-state index contributed by atoms with van der Waals surface area (Å²) in [4.78, 5) is 38.6. The summed E-state index contributed by atoms with van der Waals surface area (Å²) in [6, 6.07) is 12.3. The van der Waals surface area contributed by atoms with Crippen molar-refractivity contribution < 1.29 is 18.4 Å². The van der Waals surface area contributed by atoms with Gasteiger partial charge in [-0.2, -0.15) is 8.78 Å². The number of aryl methyl sites for hydroxylation is 1. The summed E-state index contributed by atoms with van der Waals surface area (Å²) in [7, 11) is 0. The summed E-state index contributed by atoms with van der Waals surface area (Å²) < 4.78 is 32.8. The normalized spacial score (nSPS) is 22.8. The minimum Gasteiger partial charge on any atom is -0.366 e. The Bertz CT molecular complexity index is 1850. The minimum atomic E-state index is -3.57. The molecule has 0 bridgehead atoms. The number of likely N-dealkylation sites (tertiary alicyclic amines) is 1. The number of imidazole rings is 1. The van der Waals surface area contributed by atoms with Crippen molar-refractivity contribution in [3.05, 3.63) is 65.5 Å². The summed E-state index contributed by atoms with van der Waals surface area (Å²) in [6.07, 6.45) is 8.86. The summed E-state index contributed by atoms with van der Waals surface area (Å²) in [5.74, 6) is -4.70. The predicted molar refractivity (Wildman–Crippen MR) is 168 cm³/mol. The number of halogens is 2. The van der Waals surface area contributed by atoms with Crippen molar-refractivity contribution in [3.8, 4) is 11.3 Å². The maximum Gasteiger partial charge on any atom is 0.352 e. The standard InChI is InChI=1S/C34H35F2N7O2/c1-19-5-7-21(14-25(19)31(37)44)39-32-30-28(38-18-42(30)22-8-9-22)17-27(40-32)20-6-10-26-29(13-20)43(33(45)34(26,35)36)24-15-23(16-24)41-11-3-2-4-12-41/h5-7,10,13-14,17-18,22-24H,2-4,8-9,11-12,15-16H2,1H3,(H2,37,44)(H,39,40). The SMILES string of the molecule is Cc1ccc(Nc2nc(-c3ccc4c(c3)N(C3CC(N5CCCCC5)C3)C(=O)C4(F)F)cc3ncn(C4CC4)c23)cc1C(N)=O. The third kappa shape index (κ3) is 4.67. The van der Waals surface area contributed by atoms with E-state index < -0.39 is 17.7 Å². The Hall–Kier alpha value is -4.38. The number of hydrogen-bond acceptors (Lipinski definition) is 6. The molecule has 2 amide bonds. The highest BCUT2D eigenvalue weighted by molar-refractivity contribution is 6.07. The van der Waals surface area contributed by atoms with Crippen molar-refractivity contribution in [2.24, 2.45) is 5.73 Å². The molecule has 2 aliphatic heterocycles. The largest absolute Gasteiger partial charge is 0.366 e. The Labute approximate surface area is 259 Å². The Kier molecular flexibility index (Phi) is 6.46. The number of carbonyl (C=O) groups excluding carboxylic acids is 2. The van der Waals surface area contributed by atoms with E-state index in [1.807, 2.05) is 31.5 Å². The maximum absolute atomic E-state index is 15.3. The van der Waals surface area contributed by atoms with Crippen molar-refractivity contribution in [1.82, 2.24) is 19.4 Å². The number of amides is 2. The van der Waals surface area contributed by atoms with Gasteiger partial charge in [-0.15, -0.1) is 0 Å². The average molecular weight is 612 g/mol. The third-order valence-electron chi connectivity index (χ3n) is 10.00. The molecule has 11 heteroatoms. The first-order chi connectivity index (χ1) is 21.7. The number of carbonyl (C=O) groups is 2. The molecule has 1 saturated heterocycles. The van der Waals surface area contributed by atoms with Crippen LogP contribution in [0.2, 0.25) is 0 Å². The molecule has 4 aromatic rings. The van der Waals surface area contributed by atoms with E-state index in [2.05, 4.69) is 19.8 Å². The third-order valence-corrected chi connectivity index (χ3v) is 10.00. The first-order valence-electron chi connectivity index (χ1n) is 15.8. The second kappa shape index (κ2) is 10.3. The second-order valence-electron chi connectivity index (χ2n) is 13.0. The second-order valence-corrected chi connectivity index (χ2v) is 13.0. The summed E-state index contributed by atoms with van der Waals surface area (Å²) in [5, 5.41) is 3.37. The zero-order valence-corrected chi connectivity index (χ0v) is 25.1. The number of rotatable bonds is 7. The van der Waals surface area contributed by atoms with E-state index in [-0.39, 0.29) is 17.3 Å². The fourth-order valence-electron chi connectivity index (χ4n) is 7.27. The molecule has 4 heterocycles. The van der Waals surface area contributed by atoms with Crippen LogP contribution >= 0.6 is 0 Å². The lowest BCUT2D eigenvalue weighted by atomic mass is 9.83. The van der Waals surface area contributed by atoms with E-state index in [0.29, 0.717) is 58.8 Å². The van der Waals surface area contributed by atoms with Gasteiger partial charge in [-0.1, -0.05) is 18.6 Å². The average Bonchev–Trinajstić information content (AvgIpc) is 3.73. The van der Waals surface area contributed by atoms with Gasteiger partial charge >= 0.3 is 11.8 Å². The van der Waals surface area contributed by atoms with Crippen LogP contribution in [0.1, 0.15) is 72.5 Å². The van der Waals surface area contributed by atoms with Crippen LogP contribution in [0.15, 0.2) is 48.8 Å². The predicted octanol–water partition coefficient (Wildman–Crippen LogP) is 6.04. The van der Waals surface area contributed by atoms with Crippen molar-refractivity contribution in [2.45, 2.75) is 75.9 Å². The number of nitrogens with zero attached hydrogens (tertiary/aromatic N) is 5. The molecule has 0 spiro atoms. The smallest absolute Gasteiger partial charge is 0.352 e. The molecule has 45 heavy (non-hydrogen) atoms. The molecule has 2 saturated carbocycles. The zero-order valence-electron chi connectivity index (χ0n) is 25.1. The molecule has 2 aliphatic carbocycles. The van der Waals surface area contributed by atoms with Gasteiger partial charge in [0.05, 0.1) is 28.8 Å². The molecule has 0 unspecified atom stereocenters. The molecule has 3 N–H and O–H groups in total. The van der Waals surface area contributed by atoms with Gasteiger partial charge in [-0.3, -0.25) is 9.59 Å². The van der Waals surface area contributed by atoms with Gasteiger partial charge in [0.2, 0.25) is 5.91 Å². The number of alkyl halides is 2. The molecule has 8 rings (SSSR count). The Morgan fingerprint density at radius 3 is 2.51 bits per heavy atom. The van der Waals surface area contributed by atoms with E-state index in [1.54, 1.807) is 18.2 Å². The molecule has 0 atom stereocenters. The van der Waals surface area contributed by atoms with Gasteiger partial charge in [-0.25, -0.2) is 9.97 Å². The highest BCUT2D eigenvalue weighted by Crippen LogP contribution is 2.49. The van der Waals surface area contributed by atoms with E-state index in [1.165, 1.54) is 17.4 Å². The monoisotopic (exact) mass is 611 g/mol. The number of primary amides is 1. The van der Waals surface area contributed by atoms with Gasteiger partial charge in [-0.05, 0) is 94.4 Å². The van der Waals surface area contributed by atoms with Crippen LogP contribution in [-0.2, 0) is 10.7 Å². The minimum absolute atomic E-state index is 0.255. The molecule has 2 aromatic heterocycles. The van der Waals surface area contributed by atoms with Crippen molar-refractivity contribution in [1.29, 1.82) is 0 Å². The topological polar surface area (TPSA) is 109 Å². The lowest BCUT2D eigenvalue weighted by molar-refractivity contribution is -0.142. The Morgan fingerprint density at radius 2 is 1.78 bits per heavy atom. The van der Waals surface area contributed by atoms with Gasteiger partial charge in [0.25, 0.3) is 0 Å². The first-order valence-corrected chi connectivity index (χ1v) is 15.8. The molecule has 0 radical (unpaired) electrons. The number of nitrogens with one attached hydrogen (secondary N) is 1. The van der Waals surface area contributed by atoms with Crippen molar-refractivity contribution >= 4 is 40.0 Å². The van der Waals surface area contributed by atoms with Crippen LogP contribution in [-0.4, -0.2) is 56.4 Å². The fraction of sp³-hybridized carbons (Fsp3) is 0.412. The van der Waals surface area contributed by atoms with E-state index in [9.17, 15) is 9.59 Å². The highest BCUT2D eigenvalue weighted by Gasteiger charge is 2.56. The van der Waals surface area contributed by atoms with E-state index in [4.69, 9.17) is 10.7 Å². The number of piperidine rings is 1. The number of fused-ring (bicyclic) bond motifs is 2. The van der Waals surface area contributed by atoms with Crippen LogP contribution in [0.25, 0.3) is 22.3 Å². The summed E-state index contributed by atoms with van der Waals surface area (Å²) in [6.45, 7) is 3.90. The van der Waals surface area contributed by atoms with E-state index >= 15 is 8.78 Å². The van der Waals surface area contributed by atoms with Crippen molar-refractivity contribution in [3.63, 3.8) is 0 Å². The fourth-order valence-corrected chi connectivity index (χ4v) is 7.27. The van der Waals surface area contributed by atoms with Gasteiger partial charge in [0.15, 0.2) is 5.82 Å². The molecule has 9 nitrogen and oxygen atoms in total. The molecule has 232 valence electrons. The first kappa shape index (κ1) is 28.1. The number of benzene rings is 2. The van der Waals surface area contributed by atoms with Gasteiger partial charge in [0.1, 0.15) is 5.52 Å². The number of nitrogens with two attached hydrogens (primary N) is 1. The van der Waals surface area contributed by atoms with Crippen LogP contribution in [0.5, 0.6) is 0 Å². The van der Waals surface area contributed by atoms with Gasteiger partial charge < -0.3 is 25.4 Å². The summed E-state index contributed by atoms with van der Waals surface area (Å²) in [5.41, 5.74) is 10.1. The molecule has 2 aromatic carbocycles. The zero-order chi connectivity index (χ0) is 31.0.